The zero-order valence-electron chi connectivity index (χ0n) is 8.68. The number of aryl methyl sites for hydroxylation is 1. The number of carbonyl (C=O) groups is 1. The van der Waals surface area contributed by atoms with Crippen LogP contribution in [0.25, 0.3) is 11.0 Å². The number of carboxylic acid groups (broad SMARTS) is 1. The topological polar surface area (TPSA) is 115 Å². The average molecular weight is 233 g/mol. The number of fused-ring (bicyclic) bond motifs is 1. The first-order chi connectivity index (χ1) is 7.97. The smallest absolute Gasteiger partial charge is 0.343 e. The van der Waals surface area contributed by atoms with Crippen LogP contribution in [0.3, 0.4) is 0 Å². The van der Waals surface area contributed by atoms with Crippen LogP contribution < -0.4 is 0 Å². The van der Waals surface area contributed by atoms with Gasteiger partial charge in [0.05, 0.1) is 0 Å². The van der Waals surface area contributed by atoms with E-state index in [1.165, 1.54) is 6.92 Å². The number of hydrogen-bond acceptors (Lipinski definition) is 5. The Morgan fingerprint density at radius 2 is 2.12 bits per heavy atom. The van der Waals surface area contributed by atoms with Crippen LogP contribution in [0.5, 0.6) is 11.5 Å². The Morgan fingerprint density at radius 1 is 1.47 bits per heavy atom. The highest BCUT2D eigenvalue weighted by Gasteiger charge is 2.24. The second-order valence-electron chi connectivity index (χ2n) is 3.45. The van der Waals surface area contributed by atoms with Crippen molar-refractivity contribution in [3.05, 3.63) is 23.0 Å². The van der Waals surface area contributed by atoms with Gasteiger partial charge >= 0.3 is 5.97 Å². The van der Waals surface area contributed by atoms with Crippen molar-refractivity contribution < 1.29 is 24.5 Å². The molecule has 0 unspecified atom stereocenters. The summed E-state index contributed by atoms with van der Waals surface area (Å²) in [5.41, 5.74) is -0.538. The molecule has 0 spiro atoms. The van der Waals surface area contributed by atoms with E-state index in [0.717, 1.165) is 6.07 Å². The van der Waals surface area contributed by atoms with E-state index >= 15 is 0 Å². The normalized spacial score (nSPS) is 10.4. The van der Waals surface area contributed by atoms with Crippen molar-refractivity contribution >= 4 is 16.9 Å². The Kier molecular flexibility index (Phi) is 2.18. The van der Waals surface area contributed by atoms with Gasteiger partial charge in [0.1, 0.15) is 23.0 Å². The van der Waals surface area contributed by atoms with Crippen molar-refractivity contribution in [2.45, 2.75) is 6.92 Å². The molecule has 2 aromatic rings. The van der Waals surface area contributed by atoms with E-state index in [2.05, 4.69) is 0 Å². The molecule has 6 heteroatoms. The molecular weight excluding hydrogens is 226 g/mol. The summed E-state index contributed by atoms with van der Waals surface area (Å²) in [5.74, 6) is -2.59. The highest BCUT2D eigenvalue weighted by atomic mass is 16.4. The summed E-state index contributed by atoms with van der Waals surface area (Å²) in [7, 11) is 0. The highest BCUT2D eigenvalue weighted by molar-refractivity contribution is 6.06. The molecule has 86 valence electrons. The van der Waals surface area contributed by atoms with Gasteiger partial charge in [-0.3, -0.25) is 0 Å². The number of rotatable bonds is 1. The van der Waals surface area contributed by atoms with Crippen molar-refractivity contribution in [3.63, 3.8) is 0 Å². The van der Waals surface area contributed by atoms with Gasteiger partial charge < -0.3 is 19.7 Å². The van der Waals surface area contributed by atoms with Crippen molar-refractivity contribution in [2.75, 3.05) is 0 Å². The highest BCUT2D eigenvalue weighted by Crippen LogP contribution is 2.39. The zero-order valence-corrected chi connectivity index (χ0v) is 8.68. The fourth-order valence-corrected chi connectivity index (χ4v) is 1.66. The maximum Gasteiger partial charge on any atom is 0.343 e. The summed E-state index contributed by atoms with van der Waals surface area (Å²) in [5, 5.41) is 36.9. The molecule has 0 bridgehead atoms. The van der Waals surface area contributed by atoms with Crippen molar-refractivity contribution in [3.8, 4) is 17.6 Å². The van der Waals surface area contributed by atoms with Gasteiger partial charge in [-0.25, -0.2) is 4.79 Å². The molecule has 17 heavy (non-hydrogen) atoms. The number of nitrogens with zero attached hydrogens (tertiary/aromatic N) is 1. The van der Waals surface area contributed by atoms with Crippen LogP contribution in [-0.4, -0.2) is 21.3 Å². The van der Waals surface area contributed by atoms with Gasteiger partial charge in [-0.15, -0.1) is 0 Å². The SMILES string of the molecule is Cc1oc2c(C(=O)O)c(O)c(O)cc2c1C#N. The minimum Gasteiger partial charge on any atom is -0.504 e. The fourth-order valence-electron chi connectivity index (χ4n) is 1.66. The molecule has 1 aromatic carbocycles. The second-order valence-corrected chi connectivity index (χ2v) is 3.45. The molecule has 6 nitrogen and oxygen atoms in total. The predicted molar refractivity (Wildman–Crippen MR) is 56.0 cm³/mol. The van der Waals surface area contributed by atoms with Crippen LogP contribution in [0.15, 0.2) is 10.5 Å². The lowest BCUT2D eigenvalue weighted by Crippen LogP contribution is -1.97. The van der Waals surface area contributed by atoms with E-state index < -0.39 is 23.0 Å². The maximum absolute atomic E-state index is 11.0. The van der Waals surface area contributed by atoms with E-state index in [9.17, 15) is 15.0 Å². The first kappa shape index (κ1) is 10.8. The molecular formula is C11H7NO5. The number of aromatic carboxylic acids is 1. The molecule has 0 fully saturated rings. The lowest BCUT2D eigenvalue weighted by Gasteiger charge is -2.02. The summed E-state index contributed by atoms with van der Waals surface area (Å²) in [6.45, 7) is 1.50. The van der Waals surface area contributed by atoms with Gasteiger partial charge in [0.2, 0.25) is 0 Å². The van der Waals surface area contributed by atoms with Crippen LogP contribution >= 0.6 is 0 Å². The van der Waals surface area contributed by atoms with Crippen LogP contribution in [0.2, 0.25) is 0 Å². The molecule has 0 amide bonds. The molecule has 0 atom stereocenters. The van der Waals surface area contributed by atoms with Crippen molar-refractivity contribution in [2.24, 2.45) is 0 Å². The van der Waals surface area contributed by atoms with E-state index in [-0.39, 0.29) is 22.3 Å². The monoisotopic (exact) mass is 233 g/mol. The van der Waals surface area contributed by atoms with E-state index in [4.69, 9.17) is 14.8 Å². The number of aromatic hydroxyl groups is 2. The van der Waals surface area contributed by atoms with Gasteiger partial charge in [-0.2, -0.15) is 5.26 Å². The third-order valence-electron chi connectivity index (χ3n) is 2.43. The number of carboxylic acids is 1. The number of phenolic OH excluding ortho intramolecular Hbond substituents is 1. The van der Waals surface area contributed by atoms with Crippen LogP contribution in [0.4, 0.5) is 0 Å². The van der Waals surface area contributed by atoms with Gasteiger partial charge in [0.15, 0.2) is 17.1 Å². The Bertz CT molecular complexity index is 677. The molecule has 0 saturated carbocycles. The summed E-state index contributed by atoms with van der Waals surface area (Å²) in [6, 6.07) is 2.95. The number of hydrogen-bond donors (Lipinski definition) is 3. The summed E-state index contributed by atoms with van der Waals surface area (Å²) in [6.07, 6.45) is 0. The Hall–Kier alpha value is -2.68. The largest absolute Gasteiger partial charge is 0.504 e. The molecule has 0 aliphatic rings. The molecule has 0 aliphatic heterocycles. The standard InChI is InChI=1S/C11H7NO5/c1-4-6(3-12)5-2-7(13)9(14)8(11(15)16)10(5)17-4/h2,13-14H,1H3,(H,15,16). The Labute approximate surface area is 94.9 Å². The number of furan rings is 1. The maximum atomic E-state index is 11.0. The minimum absolute atomic E-state index is 0.123. The molecule has 0 radical (unpaired) electrons. The predicted octanol–water partition coefficient (Wildman–Crippen LogP) is 1.72. The van der Waals surface area contributed by atoms with Crippen molar-refractivity contribution in [1.82, 2.24) is 0 Å². The lowest BCUT2D eigenvalue weighted by molar-refractivity contribution is 0.0694. The van der Waals surface area contributed by atoms with Crippen LogP contribution in [0.1, 0.15) is 21.7 Å². The molecule has 2 rings (SSSR count). The third-order valence-corrected chi connectivity index (χ3v) is 2.43. The van der Waals surface area contributed by atoms with E-state index in [1.807, 2.05) is 6.07 Å². The quantitative estimate of drug-likeness (QED) is 0.646. The first-order valence-corrected chi connectivity index (χ1v) is 4.58. The van der Waals surface area contributed by atoms with Crippen LogP contribution in [0, 0.1) is 18.3 Å². The Morgan fingerprint density at radius 3 is 2.65 bits per heavy atom. The summed E-state index contributed by atoms with van der Waals surface area (Å²) >= 11 is 0. The van der Waals surface area contributed by atoms with Gasteiger partial charge in [0.25, 0.3) is 0 Å². The number of nitriles is 1. The third kappa shape index (κ3) is 1.37. The van der Waals surface area contributed by atoms with Gasteiger partial charge in [0, 0.05) is 5.39 Å². The minimum atomic E-state index is -1.44. The molecule has 0 aliphatic carbocycles. The van der Waals surface area contributed by atoms with Gasteiger partial charge in [-0.1, -0.05) is 0 Å². The summed E-state index contributed by atoms with van der Waals surface area (Å²) < 4.78 is 5.14. The number of benzene rings is 1. The second kappa shape index (κ2) is 3.42. The summed E-state index contributed by atoms with van der Waals surface area (Å²) in [4.78, 5) is 11.0. The van der Waals surface area contributed by atoms with E-state index in [0.29, 0.717) is 0 Å². The van der Waals surface area contributed by atoms with E-state index in [1.54, 1.807) is 0 Å². The van der Waals surface area contributed by atoms with Crippen LogP contribution in [-0.2, 0) is 0 Å². The lowest BCUT2D eigenvalue weighted by atomic mass is 10.1. The molecule has 1 heterocycles. The first-order valence-electron chi connectivity index (χ1n) is 4.58. The fraction of sp³-hybridized carbons (Fsp3) is 0.0909. The molecule has 1 aromatic heterocycles. The number of phenols is 2. The molecule has 3 N–H and O–H groups in total. The van der Waals surface area contributed by atoms with Gasteiger partial charge in [-0.05, 0) is 13.0 Å². The average Bonchev–Trinajstić information content (AvgIpc) is 2.54. The molecule has 0 saturated heterocycles. The van der Waals surface area contributed by atoms with Crippen molar-refractivity contribution in [1.29, 1.82) is 5.26 Å². The Balaban J connectivity index is 3.03. The zero-order chi connectivity index (χ0) is 12.7.